The maximum absolute atomic E-state index is 12.5. The van der Waals surface area contributed by atoms with Crippen molar-refractivity contribution in [2.75, 3.05) is 35.7 Å². The van der Waals surface area contributed by atoms with E-state index in [1.807, 2.05) is 13.8 Å². The molecule has 1 aromatic heterocycles. The number of fused-ring (bicyclic) bond motifs is 1. The molecule has 0 bridgehead atoms. The van der Waals surface area contributed by atoms with Gasteiger partial charge in [-0.2, -0.15) is 4.98 Å². The van der Waals surface area contributed by atoms with Crippen LogP contribution >= 0.6 is 0 Å². The Kier molecular flexibility index (Phi) is 7.22. The van der Waals surface area contributed by atoms with E-state index in [4.69, 9.17) is 20.5 Å². The fourth-order valence-electron chi connectivity index (χ4n) is 3.48. The summed E-state index contributed by atoms with van der Waals surface area (Å²) in [6.07, 6.45) is 2.33. The van der Waals surface area contributed by atoms with E-state index in [0.29, 0.717) is 46.1 Å². The highest BCUT2D eigenvalue weighted by Crippen LogP contribution is 2.34. The molecule has 0 radical (unpaired) electrons. The standard InChI is InChI=1S/C20H30N6O3S/c1-12(2)17(11-27)22-19-18-16(7-10-30(18)28)23-20(24-19)26-8-5-15(6-9-26)13(3)29-25-14(4)21/h15,27H,3,5-11H2,1-2,4H3,(H2,21,25)(H,22,23,24). The first-order chi connectivity index (χ1) is 14.3. The highest BCUT2D eigenvalue weighted by atomic mass is 32.2. The molecule has 4 N–H and O–H groups in total. The highest BCUT2D eigenvalue weighted by Gasteiger charge is 2.34. The van der Waals surface area contributed by atoms with Crippen molar-refractivity contribution >= 4 is 28.8 Å². The quantitative estimate of drug-likeness (QED) is 0.195. The summed E-state index contributed by atoms with van der Waals surface area (Å²) in [6, 6.07) is 0. The zero-order valence-electron chi connectivity index (χ0n) is 17.8. The van der Waals surface area contributed by atoms with Crippen LogP contribution in [0.25, 0.3) is 0 Å². The molecule has 0 spiro atoms. The van der Waals surface area contributed by atoms with E-state index in [1.165, 1.54) is 0 Å². The number of nitrogens with zero attached hydrogens (tertiary/aromatic N) is 4. The first kappa shape index (κ1) is 22.4. The Bertz CT molecular complexity index is 856. The summed E-state index contributed by atoms with van der Waals surface area (Å²) >= 11 is -1.13. The van der Waals surface area contributed by atoms with E-state index < -0.39 is 11.2 Å². The number of amidine groups is 1. The predicted octanol–water partition coefficient (Wildman–Crippen LogP) is 1.88. The van der Waals surface area contributed by atoms with E-state index >= 15 is 0 Å². The lowest BCUT2D eigenvalue weighted by atomic mass is 9.95. The fraction of sp³-hybridized carbons (Fsp3) is 0.550. The van der Waals surface area contributed by atoms with Crippen LogP contribution in [0.2, 0.25) is 0 Å². The number of anilines is 2. The Labute approximate surface area is 180 Å². The van der Waals surface area contributed by atoms with Gasteiger partial charge in [-0.25, -0.2) is 4.98 Å². The number of oxime groups is 1. The molecule has 1 aromatic rings. The number of aliphatic hydroxyl groups excluding tert-OH is 1. The molecule has 0 amide bonds. The maximum Gasteiger partial charge on any atom is 0.227 e. The van der Waals surface area contributed by atoms with Crippen LogP contribution in [0, 0.1) is 5.92 Å². The van der Waals surface area contributed by atoms with Crippen LogP contribution < -0.4 is 16.0 Å². The van der Waals surface area contributed by atoms with Crippen molar-refractivity contribution in [2.45, 2.75) is 44.9 Å². The predicted molar refractivity (Wildman–Crippen MR) is 119 cm³/mol. The van der Waals surface area contributed by atoms with Crippen molar-refractivity contribution in [3.8, 4) is 0 Å². The SMILES string of the molecule is C=C(O/N=C(/C)N)C1CCN(c2nc3c(c(NC(CO)=C(C)C)n2)[S+]([O-])CC3)CC1. The Balaban J connectivity index is 1.78. The van der Waals surface area contributed by atoms with Crippen LogP contribution in [0.1, 0.15) is 39.3 Å². The van der Waals surface area contributed by atoms with Gasteiger partial charge in [-0.15, -0.1) is 0 Å². The molecule has 1 saturated heterocycles. The Morgan fingerprint density at radius 1 is 1.37 bits per heavy atom. The number of nitrogens with two attached hydrogens (primary N) is 1. The average molecular weight is 435 g/mol. The van der Waals surface area contributed by atoms with Gasteiger partial charge < -0.3 is 30.4 Å². The molecule has 10 heteroatoms. The van der Waals surface area contributed by atoms with Crippen LogP contribution in [-0.2, 0) is 22.4 Å². The molecule has 0 saturated carbocycles. The normalized spacial score (nSPS) is 19.4. The van der Waals surface area contributed by atoms with Gasteiger partial charge in [0.25, 0.3) is 0 Å². The lowest BCUT2D eigenvalue weighted by molar-refractivity contribution is 0.177. The summed E-state index contributed by atoms with van der Waals surface area (Å²) in [4.78, 5) is 17.5. The van der Waals surface area contributed by atoms with E-state index in [2.05, 4.69) is 22.0 Å². The van der Waals surface area contributed by atoms with Gasteiger partial charge in [-0.1, -0.05) is 17.3 Å². The van der Waals surface area contributed by atoms with E-state index in [-0.39, 0.29) is 12.5 Å². The monoisotopic (exact) mass is 434 g/mol. The largest absolute Gasteiger partial charge is 0.611 e. The number of rotatable bonds is 7. The number of aliphatic hydroxyl groups is 1. The molecule has 1 atom stereocenters. The van der Waals surface area contributed by atoms with Gasteiger partial charge in [0.2, 0.25) is 10.8 Å². The maximum atomic E-state index is 12.5. The number of allylic oxidation sites excluding steroid dienone is 2. The first-order valence-electron chi connectivity index (χ1n) is 10.0. The summed E-state index contributed by atoms with van der Waals surface area (Å²) in [5.74, 6) is 2.85. The summed E-state index contributed by atoms with van der Waals surface area (Å²) in [5.41, 5.74) is 7.94. The molecule has 3 rings (SSSR count). The average Bonchev–Trinajstić information content (AvgIpc) is 3.10. The molecule has 9 nitrogen and oxygen atoms in total. The van der Waals surface area contributed by atoms with Crippen molar-refractivity contribution in [1.82, 2.24) is 9.97 Å². The van der Waals surface area contributed by atoms with Crippen LogP contribution in [-0.4, -0.2) is 50.9 Å². The molecule has 1 unspecified atom stereocenters. The highest BCUT2D eigenvalue weighted by molar-refractivity contribution is 7.91. The third-order valence-electron chi connectivity index (χ3n) is 5.25. The molecule has 0 aliphatic carbocycles. The van der Waals surface area contributed by atoms with Crippen molar-refractivity contribution in [1.29, 1.82) is 0 Å². The van der Waals surface area contributed by atoms with E-state index in [9.17, 15) is 9.66 Å². The third kappa shape index (κ3) is 5.05. The fourth-order valence-corrected chi connectivity index (χ4v) is 4.79. The van der Waals surface area contributed by atoms with Crippen LogP contribution in [0.15, 0.2) is 33.7 Å². The molecule has 0 aromatic carbocycles. The van der Waals surface area contributed by atoms with E-state index in [1.54, 1.807) is 6.92 Å². The zero-order chi connectivity index (χ0) is 21.8. The summed E-state index contributed by atoms with van der Waals surface area (Å²) < 4.78 is 12.5. The lowest BCUT2D eigenvalue weighted by Gasteiger charge is -2.32. The molecular formula is C20H30N6O3S. The number of nitrogens with one attached hydrogen (secondary N) is 1. The molecule has 164 valence electrons. The third-order valence-corrected chi connectivity index (χ3v) is 6.71. The molecule has 2 aliphatic rings. The second-order valence-electron chi connectivity index (χ2n) is 7.76. The summed E-state index contributed by atoms with van der Waals surface area (Å²) in [5, 5.41) is 16.6. The van der Waals surface area contributed by atoms with Crippen LogP contribution in [0.5, 0.6) is 0 Å². The van der Waals surface area contributed by atoms with E-state index in [0.717, 1.165) is 37.2 Å². The number of aryl methyl sites for hydroxylation is 1. The number of hydrogen-bond donors (Lipinski definition) is 3. The number of piperidine rings is 1. The second-order valence-corrected chi connectivity index (χ2v) is 9.27. The lowest BCUT2D eigenvalue weighted by Crippen LogP contribution is -2.36. The minimum atomic E-state index is -1.13. The zero-order valence-corrected chi connectivity index (χ0v) is 18.6. The van der Waals surface area contributed by atoms with Gasteiger partial charge in [0.15, 0.2) is 5.82 Å². The Hall–Kier alpha value is -2.30. The van der Waals surface area contributed by atoms with Gasteiger partial charge >= 0.3 is 0 Å². The molecule has 30 heavy (non-hydrogen) atoms. The van der Waals surface area contributed by atoms with Crippen molar-refractivity contribution in [3.63, 3.8) is 0 Å². The van der Waals surface area contributed by atoms with Gasteiger partial charge in [-0.3, -0.25) is 0 Å². The molecule has 3 heterocycles. The number of hydrogen-bond acceptors (Lipinski definition) is 8. The Morgan fingerprint density at radius 3 is 2.67 bits per heavy atom. The van der Waals surface area contributed by atoms with Crippen molar-refractivity contribution < 1.29 is 14.5 Å². The van der Waals surface area contributed by atoms with Gasteiger partial charge in [-0.05, 0) is 44.8 Å². The minimum absolute atomic E-state index is 0.138. The molecule has 2 aliphatic heterocycles. The molecule has 1 fully saturated rings. The molecular weight excluding hydrogens is 404 g/mol. The van der Waals surface area contributed by atoms with Gasteiger partial charge in [0, 0.05) is 31.1 Å². The Morgan fingerprint density at radius 2 is 2.07 bits per heavy atom. The smallest absolute Gasteiger partial charge is 0.227 e. The first-order valence-corrected chi connectivity index (χ1v) is 11.4. The minimum Gasteiger partial charge on any atom is -0.611 e. The van der Waals surface area contributed by atoms with Crippen LogP contribution in [0.3, 0.4) is 0 Å². The second kappa shape index (κ2) is 9.67. The van der Waals surface area contributed by atoms with Crippen molar-refractivity contribution in [3.05, 3.63) is 29.3 Å². The topological polar surface area (TPSA) is 132 Å². The summed E-state index contributed by atoms with van der Waals surface area (Å²) in [7, 11) is 0. The summed E-state index contributed by atoms with van der Waals surface area (Å²) in [6.45, 7) is 10.8. The van der Waals surface area contributed by atoms with Gasteiger partial charge in [0.05, 0.1) is 6.61 Å². The number of aromatic nitrogens is 2. The van der Waals surface area contributed by atoms with Crippen LogP contribution in [0.4, 0.5) is 11.8 Å². The van der Waals surface area contributed by atoms with Gasteiger partial charge in [0.1, 0.15) is 23.0 Å². The van der Waals surface area contributed by atoms with Crippen molar-refractivity contribution in [2.24, 2.45) is 16.8 Å².